The highest BCUT2D eigenvalue weighted by atomic mass is 16.5. The van der Waals surface area contributed by atoms with Crippen LogP contribution in [0, 0.1) is 22.7 Å². The molecule has 0 unspecified atom stereocenters. The normalized spacial score (nSPS) is 12.6. The van der Waals surface area contributed by atoms with Gasteiger partial charge in [-0.3, -0.25) is 28.6 Å². The number of ether oxygens (including phenoxy) is 2. The molecular weight excluding hydrogens is 841 g/mol. The van der Waals surface area contributed by atoms with Crippen LogP contribution in [0.25, 0.3) is 44.6 Å². The third-order valence-electron chi connectivity index (χ3n) is 10.7. The smallest absolute Gasteiger partial charge is 0.439 e. The summed E-state index contributed by atoms with van der Waals surface area (Å²) >= 11 is 0. The van der Waals surface area contributed by atoms with Gasteiger partial charge in [-0.15, -0.1) is 0 Å². The monoisotopic (exact) mass is 878 g/mol. The molecule has 4 heterocycles. The van der Waals surface area contributed by atoms with E-state index < -0.39 is 30.1 Å². The van der Waals surface area contributed by atoms with Crippen LogP contribution in [0.2, 0.25) is 0 Å². The van der Waals surface area contributed by atoms with Crippen LogP contribution in [0.15, 0.2) is 104 Å². The number of amides is 2. The molecule has 0 saturated heterocycles. The number of nitrogens with zero attached hydrogens (tertiary/aromatic N) is 6. The predicted octanol–water partition coefficient (Wildman–Crippen LogP) is 4.95. The zero-order valence-corrected chi connectivity index (χ0v) is 34.6. The van der Waals surface area contributed by atoms with Gasteiger partial charge in [0.15, 0.2) is 11.6 Å². The molecule has 0 radical (unpaired) electrons. The Morgan fingerprint density at radius 3 is 1.71 bits per heavy atom. The van der Waals surface area contributed by atoms with Crippen molar-refractivity contribution < 1.29 is 38.3 Å². The minimum absolute atomic E-state index is 0.0718. The fourth-order valence-corrected chi connectivity index (χ4v) is 7.21. The molecule has 1 fully saturated rings. The third-order valence-corrected chi connectivity index (χ3v) is 10.7. The van der Waals surface area contributed by atoms with Crippen LogP contribution in [0.3, 0.4) is 0 Å². The Morgan fingerprint density at radius 2 is 1.28 bits per heavy atom. The molecule has 4 aromatic heterocycles. The summed E-state index contributed by atoms with van der Waals surface area (Å²) in [5, 5.41) is 51.6. The van der Waals surface area contributed by atoms with Gasteiger partial charge in [-0.1, -0.05) is 34.6 Å². The van der Waals surface area contributed by atoms with Crippen LogP contribution in [0.4, 0.5) is 11.4 Å². The van der Waals surface area contributed by atoms with E-state index in [2.05, 4.69) is 40.0 Å². The van der Waals surface area contributed by atoms with Crippen molar-refractivity contribution in [3.63, 3.8) is 0 Å². The van der Waals surface area contributed by atoms with E-state index in [1.165, 1.54) is 30.7 Å². The number of carbonyl (C=O) groups is 2. The first-order valence-corrected chi connectivity index (χ1v) is 20.0. The average Bonchev–Trinajstić information content (AvgIpc) is 4.10. The van der Waals surface area contributed by atoms with E-state index in [0.717, 1.165) is 34.9 Å². The van der Waals surface area contributed by atoms with Crippen LogP contribution >= 0.6 is 0 Å². The Hall–Kier alpha value is -8.72. The number of benzene rings is 4. The van der Waals surface area contributed by atoms with E-state index in [1.54, 1.807) is 52.6 Å². The van der Waals surface area contributed by atoms with Crippen molar-refractivity contribution in [2.24, 2.45) is 14.1 Å². The number of hydrogen-bond donors (Lipinski definition) is 6. The second-order valence-corrected chi connectivity index (χ2v) is 14.9. The quantitative estimate of drug-likeness (QED) is 0.0947. The lowest BCUT2D eigenvalue weighted by atomic mass is 9.96. The summed E-state index contributed by atoms with van der Waals surface area (Å²) in [5.74, 6) is -0.904. The molecule has 0 aliphatic heterocycles. The van der Waals surface area contributed by atoms with Crippen LogP contribution in [0.1, 0.15) is 51.4 Å². The number of aromatic amines is 2. The van der Waals surface area contributed by atoms with E-state index in [0.29, 0.717) is 56.3 Å². The van der Waals surface area contributed by atoms with Crippen molar-refractivity contribution in [3.8, 4) is 46.4 Å². The topological polar surface area (TPSA) is 292 Å². The van der Waals surface area contributed by atoms with Gasteiger partial charge >= 0.3 is 11.5 Å². The Bertz CT molecular complexity index is 3300. The molecule has 1 aliphatic carbocycles. The molecule has 328 valence electrons. The molecule has 0 spiro atoms. The summed E-state index contributed by atoms with van der Waals surface area (Å²) in [6, 6.07) is 27.8. The first kappa shape index (κ1) is 42.9. The lowest BCUT2D eigenvalue weighted by molar-refractivity contribution is 0.0540. The van der Waals surface area contributed by atoms with E-state index in [1.807, 2.05) is 43.5 Å². The molecule has 8 aromatic rings. The van der Waals surface area contributed by atoms with Crippen LogP contribution in [-0.2, 0) is 14.1 Å². The number of anilines is 2. The maximum Gasteiger partial charge on any atom is 0.439 e. The highest BCUT2D eigenvalue weighted by Gasteiger charge is 2.24. The van der Waals surface area contributed by atoms with Crippen molar-refractivity contribution >= 4 is 45.0 Å². The first-order chi connectivity index (χ1) is 31.4. The van der Waals surface area contributed by atoms with Gasteiger partial charge in [-0.2, -0.15) is 10.5 Å². The highest BCUT2D eigenvalue weighted by Crippen LogP contribution is 2.34. The van der Waals surface area contributed by atoms with Gasteiger partial charge in [0.05, 0.1) is 58.4 Å². The Labute approximate surface area is 366 Å². The van der Waals surface area contributed by atoms with Crippen LogP contribution < -0.4 is 31.6 Å². The fraction of sp³-hybridized carbons (Fsp3) is 0.200. The number of aryl methyl sites for hydroxylation is 2. The molecule has 1 aliphatic rings. The maximum atomic E-state index is 13.2. The fourth-order valence-electron chi connectivity index (χ4n) is 7.21. The van der Waals surface area contributed by atoms with E-state index in [4.69, 9.17) is 14.6 Å². The van der Waals surface area contributed by atoms with E-state index >= 15 is 0 Å². The van der Waals surface area contributed by atoms with Crippen molar-refractivity contribution in [1.29, 1.82) is 10.5 Å². The summed E-state index contributed by atoms with van der Waals surface area (Å²) in [6.45, 7) is -0.534. The second-order valence-electron chi connectivity index (χ2n) is 14.9. The standard InChI is InChI=1S/C23H19N5O4.C22H19N5O6/c1-28-18(11-14-4-2-7-19(20(14)28)31-15-5-3-6-15)22(29)25-17-9-8-13(12-24)10-16(17)21-26-23(30)32-27-21;1-27-17(8-13-3-2-4-18(19(13)27)32-11-14(29)10-28)21(30)24-16-6-5-12(9-23)7-15(16)20-25-22(31)33-26-20/h2,4,7-11,15H,3,5-6H2,1H3,(H,25,29)(H,26,27,30);2-8,14,28-29H,10-11H2,1H3,(H,24,30)(H,25,26,31)/t;14-/m.1/s1. The number of carbonyl (C=O) groups excluding carboxylic acids is 2. The molecular formula is C45H38N10O10. The first-order valence-electron chi connectivity index (χ1n) is 20.0. The predicted molar refractivity (Wildman–Crippen MR) is 233 cm³/mol. The molecule has 20 nitrogen and oxygen atoms in total. The van der Waals surface area contributed by atoms with Gasteiger partial charge in [-0.25, -0.2) is 9.59 Å². The SMILES string of the molecule is Cn1c(C(=O)Nc2ccc(C#N)cc2-c2noc(=O)[nH]2)cc2cccc(OC3CCC3)c21.Cn1c(C(=O)Nc2ccc(C#N)cc2-c2noc(=O)[nH]2)cc2cccc(OC[C@H](O)CO)c21. The summed E-state index contributed by atoms with van der Waals surface area (Å²) in [7, 11) is 3.51. The van der Waals surface area contributed by atoms with Crippen molar-refractivity contribution in [3.05, 3.63) is 129 Å². The zero-order chi connectivity index (χ0) is 45.8. The number of nitrogens with one attached hydrogen (secondary N) is 4. The second kappa shape index (κ2) is 18.3. The summed E-state index contributed by atoms with van der Waals surface area (Å²) in [4.78, 5) is 54.0. The van der Waals surface area contributed by atoms with Crippen molar-refractivity contribution in [2.45, 2.75) is 31.5 Å². The number of aliphatic hydroxyl groups excluding tert-OH is 2. The van der Waals surface area contributed by atoms with E-state index in [-0.39, 0.29) is 30.3 Å². The van der Waals surface area contributed by atoms with Crippen molar-refractivity contribution in [2.75, 3.05) is 23.8 Å². The minimum Gasteiger partial charge on any atom is -0.489 e. The molecule has 2 amide bonds. The molecule has 1 atom stereocenters. The number of nitriles is 2. The number of H-pyrrole nitrogens is 2. The zero-order valence-electron chi connectivity index (χ0n) is 34.6. The van der Waals surface area contributed by atoms with Crippen LogP contribution in [-0.4, -0.2) is 76.9 Å². The van der Waals surface area contributed by atoms with Gasteiger partial charge in [0, 0.05) is 36.0 Å². The molecule has 6 N–H and O–H groups in total. The summed E-state index contributed by atoms with van der Waals surface area (Å²) in [5.41, 5.74) is 4.28. The number of aromatic nitrogens is 6. The number of rotatable bonds is 12. The average molecular weight is 879 g/mol. The number of hydrogen-bond acceptors (Lipinski definition) is 14. The van der Waals surface area contributed by atoms with Gasteiger partial charge in [0.1, 0.15) is 35.6 Å². The third kappa shape index (κ3) is 8.97. The Balaban J connectivity index is 0.000000177. The van der Waals surface area contributed by atoms with Gasteiger partial charge in [0.25, 0.3) is 11.8 Å². The molecule has 9 rings (SSSR count). The highest BCUT2D eigenvalue weighted by molar-refractivity contribution is 6.09. The number of aliphatic hydroxyl groups is 2. The summed E-state index contributed by atoms with van der Waals surface area (Å²) < 4.78 is 24.3. The van der Waals surface area contributed by atoms with E-state index in [9.17, 15) is 34.8 Å². The minimum atomic E-state index is -1.03. The number of para-hydroxylation sites is 2. The molecule has 4 aromatic carbocycles. The van der Waals surface area contributed by atoms with Crippen molar-refractivity contribution in [1.82, 2.24) is 29.4 Å². The lowest BCUT2D eigenvalue weighted by Crippen LogP contribution is -2.24. The Kier molecular flexibility index (Phi) is 12.1. The molecule has 65 heavy (non-hydrogen) atoms. The van der Waals surface area contributed by atoms with Gasteiger partial charge in [0.2, 0.25) is 0 Å². The van der Waals surface area contributed by atoms with Crippen LogP contribution in [0.5, 0.6) is 11.5 Å². The Morgan fingerprint density at radius 1 is 0.785 bits per heavy atom. The maximum absolute atomic E-state index is 13.2. The van der Waals surface area contributed by atoms with Gasteiger partial charge in [-0.05, 0) is 79.9 Å². The number of fused-ring (bicyclic) bond motifs is 2. The molecule has 0 bridgehead atoms. The molecule has 1 saturated carbocycles. The molecule has 20 heteroatoms. The largest absolute Gasteiger partial charge is 0.489 e. The summed E-state index contributed by atoms with van der Waals surface area (Å²) in [6.07, 6.45) is 2.45. The van der Waals surface area contributed by atoms with Gasteiger partial charge < -0.3 is 39.5 Å². The lowest BCUT2D eigenvalue weighted by Gasteiger charge is -2.26.